The number of aryl methyl sites for hydroxylation is 2. The number of carbonyl (C=O) groups excluding carboxylic acids is 1. The lowest BCUT2D eigenvalue weighted by molar-refractivity contribution is -0.125. The molecule has 0 saturated heterocycles. The van der Waals surface area contributed by atoms with E-state index in [1.54, 1.807) is 23.3 Å². The Balaban J connectivity index is 1.44. The van der Waals surface area contributed by atoms with Gasteiger partial charge in [-0.1, -0.05) is 17.7 Å². The molecule has 2 heterocycles. The third-order valence-electron chi connectivity index (χ3n) is 5.28. The monoisotopic (exact) mass is 377 g/mol. The van der Waals surface area contributed by atoms with Crippen molar-refractivity contribution in [3.8, 4) is 5.69 Å². The summed E-state index contributed by atoms with van der Waals surface area (Å²) in [5.41, 5.74) is 4.44. The topological polar surface area (TPSA) is 92.7 Å². The number of hydrogen-bond acceptors (Lipinski definition) is 4. The molecule has 144 valence electrons. The summed E-state index contributed by atoms with van der Waals surface area (Å²) >= 11 is 0. The van der Waals surface area contributed by atoms with E-state index in [0.717, 1.165) is 28.2 Å². The number of aromatic nitrogens is 4. The number of nitrogens with zero attached hydrogens (tertiary/aromatic N) is 3. The fraction of sp³-hybridized carbons (Fsp3) is 0.333. The Morgan fingerprint density at radius 1 is 1.21 bits per heavy atom. The lowest BCUT2D eigenvalue weighted by Gasteiger charge is -2.14. The highest BCUT2D eigenvalue weighted by atomic mass is 16.2. The number of H-pyrrole nitrogens is 1. The van der Waals surface area contributed by atoms with Crippen molar-refractivity contribution < 1.29 is 4.79 Å². The summed E-state index contributed by atoms with van der Waals surface area (Å²) in [7, 11) is 0. The predicted molar refractivity (Wildman–Crippen MR) is 105 cm³/mol. The molecule has 1 amide bonds. The Morgan fingerprint density at radius 3 is 2.75 bits per heavy atom. The fourth-order valence-corrected chi connectivity index (χ4v) is 3.64. The van der Waals surface area contributed by atoms with Gasteiger partial charge in [-0.15, -0.1) is 0 Å². The molecule has 1 atom stereocenters. The van der Waals surface area contributed by atoms with Gasteiger partial charge in [0.05, 0.1) is 24.1 Å². The third kappa shape index (κ3) is 3.74. The third-order valence-corrected chi connectivity index (χ3v) is 5.28. The summed E-state index contributed by atoms with van der Waals surface area (Å²) in [6.45, 7) is 2.39. The molecule has 0 radical (unpaired) electrons. The number of carbonyl (C=O) groups is 1. The summed E-state index contributed by atoms with van der Waals surface area (Å²) in [4.78, 5) is 33.6. The second-order valence-electron chi connectivity index (χ2n) is 7.23. The van der Waals surface area contributed by atoms with Crippen molar-refractivity contribution in [3.05, 3.63) is 75.7 Å². The smallest absolute Gasteiger partial charge is 0.274 e. The number of benzene rings is 1. The largest absolute Gasteiger partial charge is 0.350 e. The molecule has 1 aromatic carbocycles. The first kappa shape index (κ1) is 18.2. The first-order valence-corrected chi connectivity index (χ1v) is 9.54. The zero-order valence-electron chi connectivity index (χ0n) is 15.8. The van der Waals surface area contributed by atoms with Crippen LogP contribution in [0.25, 0.3) is 5.69 Å². The van der Waals surface area contributed by atoms with Gasteiger partial charge in [0.1, 0.15) is 0 Å². The first-order chi connectivity index (χ1) is 13.6. The molecule has 7 heteroatoms. The molecule has 7 nitrogen and oxygen atoms in total. The quantitative estimate of drug-likeness (QED) is 0.681. The lowest BCUT2D eigenvalue weighted by atomic mass is 9.99. The Kier molecular flexibility index (Phi) is 5.06. The molecule has 2 N–H and O–H groups in total. The second kappa shape index (κ2) is 7.80. The molecule has 1 unspecified atom stereocenters. The van der Waals surface area contributed by atoms with Crippen molar-refractivity contribution >= 4 is 5.91 Å². The van der Waals surface area contributed by atoms with E-state index in [1.807, 2.05) is 31.2 Å². The standard InChI is InChI=1S/C21H23N5O2/c1-14-2-6-17(7-3-14)26-21(28)18-8-4-15(5-9-19(18)25-26)20(27)24-13-16-12-22-10-11-23-16/h2-3,6-7,10-12,15,25H,4-5,8-9,13H2,1H3,(H,24,27). The highest BCUT2D eigenvalue weighted by Gasteiger charge is 2.26. The van der Waals surface area contributed by atoms with Crippen LogP contribution in [0.4, 0.5) is 0 Å². The van der Waals surface area contributed by atoms with Crippen LogP contribution in [0.15, 0.2) is 47.7 Å². The van der Waals surface area contributed by atoms with Crippen molar-refractivity contribution in [3.63, 3.8) is 0 Å². The second-order valence-corrected chi connectivity index (χ2v) is 7.23. The van der Waals surface area contributed by atoms with Crippen LogP contribution in [0.1, 0.15) is 35.4 Å². The minimum Gasteiger partial charge on any atom is -0.350 e. The van der Waals surface area contributed by atoms with Crippen molar-refractivity contribution in [1.29, 1.82) is 0 Å². The summed E-state index contributed by atoms with van der Waals surface area (Å²) < 4.78 is 1.61. The Hall–Kier alpha value is -3.22. The minimum atomic E-state index is -0.107. The van der Waals surface area contributed by atoms with E-state index in [1.165, 1.54) is 0 Å². The molecule has 1 aliphatic carbocycles. The van der Waals surface area contributed by atoms with Gasteiger partial charge in [0, 0.05) is 29.6 Å². The van der Waals surface area contributed by atoms with Crippen LogP contribution < -0.4 is 10.9 Å². The van der Waals surface area contributed by atoms with E-state index >= 15 is 0 Å². The van der Waals surface area contributed by atoms with Crippen LogP contribution in [-0.4, -0.2) is 25.7 Å². The maximum atomic E-state index is 12.9. The van der Waals surface area contributed by atoms with Crippen LogP contribution in [-0.2, 0) is 24.2 Å². The molecular formula is C21H23N5O2. The van der Waals surface area contributed by atoms with Crippen molar-refractivity contribution in [2.45, 2.75) is 39.2 Å². The molecule has 3 aromatic rings. The van der Waals surface area contributed by atoms with Crippen molar-refractivity contribution in [1.82, 2.24) is 25.1 Å². The number of fused-ring (bicyclic) bond motifs is 1. The molecule has 2 aromatic heterocycles. The zero-order valence-corrected chi connectivity index (χ0v) is 15.8. The molecule has 0 fully saturated rings. The molecule has 0 spiro atoms. The van der Waals surface area contributed by atoms with Gasteiger partial charge in [0.15, 0.2) is 0 Å². The molecule has 0 aliphatic heterocycles. The highest BCUT2D eigenvalue weighted by molar-refractivity contribution is 5.78. The van der Waals surface area contributed by atoms with E-state index in [4.69, 9.17) is 0 Å². The summed E-state index contributed by atoms with van der Waals surface area (Å²) in [6, 6.07) is 7.86. The molecular weight excluding hydrogens is 354 g/mol. The fourth-order valence-electron chi connectivity index (χ4n) is 3.64. The summed E-state index contributed by atoms with van der Waals surface area (Å²) in [6.07, 6.45) is 7.53. The van der Waals surface area contributed by atoms with E-state index in [9.17, 15) is 9.59 Å². The van der Waals surface area contributed by atoms with Crippen molar-refractivity contribution in [2.75, 3.05) is 0 Å². The first-order valence-electron chi connectivity index (χ1n) is 9.54. The lowest BCUT2D eigenvalue weighted by Crippen LogP contribution is -2.31. The van der Waals surface area contributed by atoms with Gasteiger partial charge in [-0.25, -0.2) is 4.68 Å². The van der Waals surface area contributed by atoms with E-state index < -0.39 is 0 Å². The molecule has 28 heavy (non-hydrogen) atoms. The van der Waals surface area contributed by atoms with E-state index in [0.29, 0.717) is 32.2 Å². The average molecular weight is 377 g/mol. The number of hydrogen-bond donors (Lipinski definition) is 2. The summed E-state index contributed by atoms with van der Waals surface area (Å²) in [5, 5.41) is 6.19. The van der Waals surface area contributed by atoms with Gasteiger partial charge >= 0.3 is 0 Å². The number of nitrogens with one attached hydrogen (secondary N) is 2. The number of aromatic amines is 1. The van der Waals surface area contributed by atoms with Crippen LogP contribution in [0.3, 0.4) is 0 Å². The van der Waals surface area contributed by atoms with Gasteiger partial charge in [-0.2, -0.15) is 0 Å². The summed E-state index contributed by atoms with van der Waals surface area (Å²) in [5.74, 6) is -0.0978. The normalized spacial score (nSPS) is 16.2. The van der Waals surface area contributed by atoms with E-state index in [2.05, 4.69) is 20.4 Å². The van der Waals surface area contributed by atoms with Gasteiger partial charge in [-0.05, 0) is 44.7 Å². The SMILES string of the molecule is Cc1ccc(-n2[nH]c3c(c2=O)CCC(C(=O)NCc2cnccn2)CC3)cc1. The maximum Gasteiger partial charge on any atom is 0.274 e. The van der Waals surface area contributed by atoms with E-state index in [-0.39, 0.29) is 17.4 Å². The average Bonchev–Trinajstić information content (AvgIpc) is 2.89. The Bertz CT molecular complexity index is 1020. The molecule has 0 bridgehead atoms. The molecule has 4 rings (SSSR count). The van der Waals surface area contributed by atoms with Gasteiger partial charge in [-0.3, -0.25) is 24.7 Å². The Morgan fingerprint density at radius 2 is 2.00 bits per heavy atom. The van der Waals surface area contributed by atoms with Gasteiger partial charge < -0.3 is 5.32 Å². The highest BCUT2D eigenvalue weighted by Crippen LogP contribution is 2.23. The number of rotatable bonds is 4. The minimum absolute atomic E-state index is 0.00895. The molecule has 0 saturated carbocycles. The molecule has 1 aliphatic rings. The van der Waals surface area contributed by atoms with Crippen molar-refractivity contribution in [2.24, 2.45) is 5.92 Å². The van der Waals surface area contributed by atoms with Crippen LogP contribution in [0, 0.1) is 12.8 Å². The van der Waals surface area contributed by atoms with Gasteiger partial charge in [0.2, 0.25) is 5.91 Å². The van der Waals surface area contributed by atoms with Crippen LogP contribution in [0.5, 0.6) is 0 Å². The maximum absolute atomic E-state index is 12.9. The van der Waals surface area contributed by atoms with Crippen LogP contribution in [0.2, 0.25) is 0 Å². The zero-order chi connectivity index (χ0) is 19.5. The van der Waals surface area contributed by atoms with Crippen LogP contribution >= 0.6 is 0 Å². The number of amides is 1. The Labute approximate surface area is 162 Å². The predicted octanol–water partition coefficient (Wildman–Crippen LogP) is 2.08. The van der Waals surface area contributed by atoms with Gasteiger partial charge in [0.25, 0.3) is 5.56 Å².